The number of hydrazine groups is 1. The average Bonchev–Trinajstić information content (AvgIpc) is 3.38. The Morgan fingerprint density at radius 1 is 0.906 bits per heavy atom. The molecule has 3 aliphatic rings. The van der Waals surface area contributed by atoms with E-state index in [1.54, 1.807) is 48.5 Å². The molecule has 166 valence electrons. The van der Waals surface area contributed by atoms with Gasteiger partial charge in [0.05, 0.1) is 29.0 Å². The van der Waals surface area contributed by atoms with Gasteiger partial charge in [-0.05, 0) is 42.0 Å². The molecule has 0 unspecified atom stereocenters. The first kappa shape index (κ1) is 22.4. The number of imide groups is 1. The van der Waals surface area contributed by atoms with Crippen molar-refractivity contribution in [3.8, 4) is 0 Å². The summed E-state index contributed by atoms with van der Waals surface area (Å²) in [6, 6.07) is 13.7. The van der Waals surface area contributed by atoms with Crippen LogP contribution >= 0.6 is 55.1 Å². The van der Waals surface area contributed by atoms with Crippen LogP contribution in [0.3, 0.4) is 0 Å². The molecule has 2 saturated carbocycles. The van der Waals surface area contributed by atoms with Crippen LogP contribution < -0.4 is 0 Å². The lowest BCUT2D eigenvalue weighted by Gasteiger charge is -2.32. The number of carbonyl (C=O) groups is 3. The van der Waals surface area contributed by atoms with Crippen LogP contribution in [0.2, 0.25) is 10.0 Å². The molecule has 0 radical (unpaired) electrons. The molecule has 2 aliphatic carbocycles. The zero-order chi connectivity index (χ0) is 22.7. The van der Waals surface area contributed by atoms with Crippen molar-refractivity contribution in [1.29, 1.82) is 0 Å². The highest BCUT2D eigenvalue weighted by atomic mass is 79.9. The molecule has 2 bridgehead atoms. The fraction of sp³-hybridized carbons (Fsp3) is 0.348. The number of amides is 3. The van der Waals surface area contributed by atoms with Crippen LogP contribution in [0.5, 0.6) is 0 Å². The third-order valence-corrected chi connectivity index (χ3v) is 10.7. The van der Waals surface area contributed by atoms with Gasteiger partial charge in [0.2, 0.25) is 0 Å². The number of hydrogen-bond acceptors (Lipinski definition) is 3. The predicted molar refractivity (Wildman–Crippen MR) is 129 cm³/mol. The number of hydrogen-bond donors (Lipinski definition) is 0. The van der Waals surface area contributed by atoms with Crippen molar-refractivity contribution in [3.63, 3.8) is 0 Å². The highest BCUT2D eigenvalue weighted by molar-refractivity contribution is 9.12. The molecule has 9 heteroatoms. The van der Waals surface area contributed by atoms with Gasteiger partial charge in [-0.3, -0.25) is 14.4 Å². The summed E-state index contributed by atoms with van der Waals surface area (Å²) < 4.78 is 0. The van der Waals surface area contributed by atoms with E-state index >= 15 is 0 Å². The smallest absolute Gasteiger partial charge is 0.272 e. The molecule has 1 saturated heterocycles. The van der Waals surface area contributed by atoms with Crippen LogP contribution in [-0.2, 0) is 16.1 Å². The zero-order valence-electron chi connectivity index (χ0n) is 16.6. The Bertz CT molecular complexity index is 1100. The minimum absolute atomic E-state index is 0.0224. The van der Waals surface area contributed by atoms with Crippen molar-refractivity contribution < 1.29 is 14.4 Å². The molecule has 0 aromatic heterocycles. The van der Waals surface area contributed by atoms with Gasteiger partial charge in [-0.2, -0.15) is 5.01 Å². The van der Waals surface area contributed by atoms with E-state index in [4.69, 9.17) is 23.2 Å². The number of carbonyl (C=O) groups excluding carboxylic acids is 3. The van der Waals surface area contributed by atoms with Crippen LogP contribution in [-0.4, -0.2) is 37.4 Å². The second-order valence-electron chi connectivity index (χ2n) is 8.43. The molecule has 6 atom stereocenters. The van der Waals surface area contributed by atoms with E-state index in [9.17, 15) is 14.4 Å². The summed E-state index contributed by atoms with van der Waals surface area (Å²) in [5.41, 5.74) is 0.852. The van der Waals surface area contributed by atoms with Crippen molar-refractivity contribution >= 4 is 72.8 Å². The maximum Gasteiger partial charge on any atom is 0.274 e. The van der Waals surface area contributed by atoms with Gasteiger partial charge in [0.15, 0.2) is 0 Å². The Hall–Kier alpha value is -1.41. The van der Waals surface area contributed by atoms with Gasteiger partial charge < -0.3 is 0 Å². The molecule has 32 heavy (non-hydrogen) atoms. The second kappa shape index (κ2) is 8.42. The lowest BCUT2D eigenvalue weighted by molar-refractivity contribution is -0.156. The van der Waals surface area contributed by atoms with Gasteiger partial charge >= 0.3 is 0 Å². The number of alkyl halides is 2. The van der Waals surface area contributed by atoms with Gasteiger partial charge in [-0.15, -0.1) is 0 Å². The van der Waals surface area contributed by atoms with Gasteiger partial charge in [-0.1, -0.05) is 85.4 Å². The number of fused-ring (bicyclic) bond motifs is 5. The van der Waals surface area contributed by atoms with E-state index in [0.717, 1.165) is 11.4 Å². The first-order chi connectivity index (χ1) is 15.3. The molecule has 3 amide bonds. The summed E-state index contributed by atoms with van der Waals surface area (Å²) in [5.74, 6) is -1.94. The molecular formula is C23H18Br2Cl2N2O3. The van der Waals surface area contributed by atoms with Crippen molar-refractivity contribution in [2.45, 2.75) is 22.6 Å². The molecule has 1 heterocycles. The second-order valence-corrected chi connectivity index (χ2v) is 11.4. The molecule has 0 spiro atoms. The van der Waals surface area contributed by atoms with Crippen molar-refractivity contribution in [2.75, 3.05) is 0 Å². The maximum atomic E-state index is 13.6. The fourth-order valence-corrected chi connectivity index (χ4v) is 7.65. The standard InChI is InChI=1S/C23H18Br2Cl2N2O3/c24-19-13-9-14(20(19)25)18-17(13)22(31)29(23(18)32)28(10-11-5-1-3-7-15(11)26)21(30)12-6-2-4-8-16(12)27/h1-8,13-14,17-20H,9-10H2/t13-,14-,17-,18+,19-,20+/m1/s1. The van der Waals surface area contributed by atoms with Crippen molar-refractivity contribution in [2.24, 2.45) is 23.7 Å². The zero-order valence-corrected chi connectivity index (χ0v) is 21.3. The number of rotatable bonds is 4. The summed E-state index contributed by atoms with van der Waals surface area (Å²) in [6.07, 6.45) is 0.815. The summed E-state index contributed by atoms with van der Waals surface area (Å²) in [4.78, 5) is 41.0. The number of benzene rings is 2. The van der Waals surface area contributed by atoms with Crippen LogP contribution in [0.1, 0.15) is 22.3 Å². The first-order valence-corrected chi connectivity index (χ1v) is 12.9. The van der Waals surface area contributed by atoms with E-state index in [-0.39, 0.29) is 50.4 Å². The minimum Gasteiger partial charge on any atom is -0.272 e. The molecule has 5 nitrogen and oxygen atoms in total. The van der Waals surface area contributed by atoms with E-state index < -0.39 is 17.7 Å². The van der Waals surface area contributed by atoms with Gasteiger partial charge in [-0.25, -0.2) is 5.01 Å². The molecule has 2 aromatic carbocycles. The Kier molecular flexibility index (Phi) is 5.89. The maximum absolute atomic E-state index is 13.6. The van der Waals surface area contributed by atoms with E-state index in [2.05, 4.69) is 31.9 Å². The number of halogens is 4. The topological polar surface area (TPSA) is 57.7 Å². The first-order valence-electron chi connectivity index (χ1n) is 10.3. The Morgan fingerprint density at radius 3 is 2.00 bits per heavy atom. The number of nitrogens with zero attached hydrogens (tertiary/aromatic N) is 2. The van der Waals surface area contributed by atoms with E-state index in [1.807, 2.05) is 0 Å². The highest BCUT2D eigenvalue weighted by Gasteiger charge is 2.67. The van der Waals surface area contributed by atoms with E-state index in [1.165, 1.54) is 5.01 Å². The molecule has 1 aliphatic heterocycles. The van der Waals surface area contributed by atoms with E-state index in [0.29, 0.717) is 10.6 Å². The van der Waals surface area contributed by atoms with Gasteiger partial charge in [0.25, 0.3) is 17.7 Å². The molecular weight excluding hydrogens is 583 g/mol. The SMILES string of the molecule is O=C(c1ccccc1Cl)N(Cc1ccccc1Cl)N1C(=O)[C@@H]2[C@H]3C[C@@H]([C@H](Br)[C@@H]3Br)[C@@H]2C1=O. The minimum atomic E-state index is -0.518. The lowest BCUT2D eigenvalue weighted by atomic mass is 9.81. The Labute approximate surface area is 212 Å². The van der Waals surface area contributed by atoms with Crippen molar-refractivity contribution in [1.82, 2.24) is 10.0 Å². The lowest BCUT2D eigenvalue weighted by Crippen LogP contribution is -2.50. The Balaban J connectivity index is 1.56. The van der Waals surface area contributed by atoms with Gasteiger partial charge in [0.1, 0.15) is 0 Å². The average molecular weight is 601 g/mol. The largest absolute Gasteiger partial charge is 0.274 e. The molecule has 0 N–H and O–H groups in total. The van der Waals surface area contributed by atoms with Crippen LogP contribution in [0.25, 0.3) is 0 Å². The van der Waals surface area contributed by atoms with Gasteiger partial charge in [0, 0.05) is 14.7 Å². The Morgan fingerprint density at radius 2 is 1.44 bits per heavy atom. The third kappa shape index (κ3) is 3.35. The monoisotopic (exact) mass is 598 g/mol. The summed E-state index contributed by atoms with van der Waals surface area (Å²) in [6.45, 7) is -0.0224. The molecule has 3 fully saturated rings. The third-order valence-electron chi connectivity index (χ3n) is 6.82. The quantitative estimate of drug-likeness (QED) is 0.352. The summed E-state index contributed by atoms with van der Waals surface area (Å²) in [7, 11) is 0. The normalized spacial score (nSPS) is 30.7. The van der Waals surface area contributed by atoms with Crippen LogP contribution in [0, 0.1) is 23.7 Å². The van der Waals surface area contributed by atoms with Crippen LogP contribution in [0.4, 0.5) is 0 Å². The summed E-state index contributed by atoms with van der Waals surface area (Å²) in [5, 5.41) is 2.96. The highest BCUT2D eigenvalue weighted by Crippen LogP contribution is 2.60. The summed E-state index contributed by atoms with van der Waals surface area (Å²) >= 11 is 20.0. The predicted octanol–water partition coefficient (Wildman–Crippen LogP) is 5.33. The fourth-order valence-electron chi connectivity index (χ4n) is 5.37. The van der Waals surface area contributed by atoms with Crippen molar-refractivity contribution in [3.05, 3.63) is 69.7 Å². The van der Waals surface area contributed by atoms with Crippen LogP contribution in [0.15, 0.2) is 48.5 Å². The molecule has 2 aromatic rings. The molecule has 5 rings (SSSR count).